The molecule has 5 nitrogen and oxygen atoms in total. The molecule has 10 heteroatoms. The van der Waals surface area contributed by atoms with Crippen LogP contribution in [0.4, 0.5) is 0 Å². The van der Waals surface area contributed by atoms with Gasteiger partial charge in [0.05, 0.1) is 43.2 Å². The monoisotopic (exact) mass is 743 g/mol. The van der Waals surface area contributed by atoms with E-state index in [4.69, 9.17) is 30.2 Å². The van der Waals surface area contributed by atoms with Crippen LogP contribution in [0.1, 0.15) is 48.5 Å². The minimum atomic E-state index is -0.793. The van der Waals surface area contributed by atoms with Crippen LogP contribution in [0.15, 0.2) is 107 Å². The molecule has 0 N–H and O–H groups in total. The molecule has 0 amide bonds. The van der Waals surface area contributed by atoms with Gasteiger partial charge in [0.15, 0.2) is 0 Å². The summed E-state index contributed by atoms with van der Waals surface area (Å²) in [6, 6.07) is 35.4. The second kappa shape index (κ2) is 11.1. The predicted molar refractivity (Wildman–Crippen MR) is 221 cm³/mol. The van der Waals surface area contributed by atoms with E-state index in [9.17, 15) is 0 Å². The molecule has 0 radical (unpaired) electrons. The minimum absolute atomic E-state index is 0.472. The van der Waals surface area contributed by atoms with Crippen LogP contribution in [0, 0.1) is 0 Å². The molecule has 0 saturated carbocycles. The highest BCUT2D eigenvalue weighted by atomic mass is 35.5. The summed E-state index contributed by atoms with van der Waals surface area (Å²) in [6.45, 7) is 14.8. The van der Waals surface area contributed by atoms with Gasteiger partial charge in [-0.3, -0.25) is 0 Å². The van der Waals surface area contributed by atoms with E-state index in [1.807, 2.05) is 0 Å². The smallest absolute Gasteiger partial charge is 0.405 e. The Morgan fingerprint density at radius 2 is 1.25 bits per heavy atom. The topological polar surface area (TPSA) is 41.9 Å². The average Bonchev–Trinajstić information content (AvgIpc) is 3.85. The number of thiol groups is 1. The lowest BCUT2D eigenvalue weighted by Crippen LogP contribution is -2.47. The van der Waals surface area contributed by atoms with Gasteiger partial charge >= 0.3 is 14.0 Å². The number of para-hydroxylation sites is 2. The molecule has 5 heterocycles. The fourth-order valence-electron chi connectivity index (χ4n) is 8.43. The number of thiophene rings is 1. The largest absolute Gasteiger partial charge is 0.489 e. The maximum atomic E-state index is 7.25. The fraction of sp³-hybridized carbons (Fsp3) is 0.286. The molecule has 0 aliphatic carbocycles. The van der Waals surface area contributed by atoms with Gasteiger partial charge in [-0.25, -0.2) is 0 Å². The van der Waals surface area contributed by atoms with Gasteiger partial charge in [-0.1, -0.05) is 66.2 Å². The number of hydrogen-bond acceptors (Lipinski definition) is 5. The zero-order valence-electron chi connectivity index (χ0n) is 30.4. The molecule has 2 saturated heterocycles. The minimum Gasteiger partial charge on any atom is -0.405 e. The molecule has 2 fully saturated rings. The molecular formula is C42H40B2ClNO4S2. The Morgan fingerprint density at radius 3 is 1.94 bits per heavy atom. The molecule has 2 aromatic heterocycles. The Morgan fingerprint density at radius 1 is 0.654 bits per heavy atom. The van der Waals surface area contributed by atoms with Crippen molar-refractivity contribution in [3.63, 3.8) is 0 Å². The summed E-state index contributed by atoms with van der Waals surface area (Å²) < 4.78 is 31.2. The molecule has 0 bridgehead atoms. The van der Waals surface area contributed by atoms with Crippen LogP contribution in [-0.2, 0) is 18.6 Å². The zero-order chi connectivity index (χ0) is 35.9. The van der Waals surface area contributed by atoms with E-state index in [0.717, 1.165) is 21.2 Å². The molecule has 3 aliphatic heterocycles. The Balaban J connectivity index is 1.11. The van der Waals surface area contributed by atoms with Crippen molar-refractivity contribution in [2.45, 2.75) is 80.7 Å². The van der Waals surface area contributed by atoms with Crippen LogP contribution < -0.4 is 0 Å². The Labute approximate surface area is 316 Å². The first-order valence-electron chi connectivity index (χ1n) is 18.0. The van der Waals surface area contributed by atoms with Crippen molar-refractivity contribution >= 4 is 89.8 Å². The van der Waals surface area contributed by atoms with Crippen molar-refractivity contribution in [3.8, 4) is 16.8 Å². The second-order valence-corrected chi connectivity index (χ2v) is 19.8. The van der Waals surface area contributed by atoms with E-state index in [2.05, 4.69) is 150 Å². The SMILES string of the molecule is CC1(C)OB(B2OC(C)(C)C(C)(C[SH]3c4ccccc4-c4c3ccc3sc5c(Cl)cc(-n6c7ccccc7c7ccccc76)cc5c43)O2)OC1(C)C. The fourth-order valence-corrected chi connectivity index (χ4v) is 13.0. The average molecular weight is 744 g/mol. The molecule has 3 aliphatic rings. The summed E-state index contributed by atoms with van der Waals surface area (Å²) in [6.07, 6.45) is 0. The normalized spacial score (nSPS) is 23.7. The van der Waals surface area contributed by atoms with E-state index in [1.54, 1.807) is 11.3 Å². The number of halogens is 1. The third-order valence-electron chi connectivity index (χ3n) is 12.3. The lowest BCUT2D eigenvalue weighted by Gasteiger charge is -2.39. The van der Waals surface area contributed by atoms with E-state index < -0.39 is 47.3 Å². The maximum absolute atomic E-state index is 7.25. The highest BCUT2D eigenvalue weighted by molar-refractivity contribution is 8.17. The first-order valence-corrected chi connectivity index (χ1v) is 20.7. The van der Waals surface area contributed by atoms with E-state index in [-0.39, 0.29) is 0 Å². The number of aromatic nitrogens is 1. The second-order valence-electron chi connectivity index (χ2n) is 16.2. The van der Waals surface area contributed by atoms with Crippen molar-refractivity contribution in [2.24, 2.45) is 0 Å². The third kappa shape index (κ3) is 4.60. The Kier molecular flexibility index (Phi) is 7.14. The van der Waals surface area contributed by atoms with Gasteiger partial charge in [-0.2, -0.15) is 10.9 Å². The van der Waals surface area contributed by atoms with E-state index in [1.165, 1.54) is 58.2 Å². The molecule has 5 aromatic carbocycles. The van der Waals surface area contributed by atoms with Gasteiger partial charge in [-0.05, 0) is 101 Å². The number of benzene rings is 5. The van der Waals surface area contributed by atoms with Gasteiger partial charge in [0.1, 0.15) is 0 Å². The molecule has 52 heavy (non-hydrogen) atoms. The summed E-state index contributed by atoms with van der Waals surface area (Å²) in [4.78, 5) is 2.75. The number of nitrogens with zero attached hydrogens (tertiary/aromatic N) is 1. The Bertz CT molecular complexity index is 2560. The first-order chi connectivity index (χ1) is 24.8. The summed E-state index contributed by atoms with van der Waals surface area (Å²) >= 11 is 9.03. The molecule has 262 valence electrons. The molecule has 0 spiro atoms. The lowest BCUT2D eigenvalue weighted by molar-refractivity contribution is 0.00578. The van der Waals surface area contributed by atoms with Crippen molar-refractivity contribution in [2.75, 3.05) is 5.75 Å². The number of hydrogen-bond donors (Lipinski definition) is 1. The molecule has 2 unspecified atom stereocenters. The van der Waals surface area contributed by atoms with Crippen molar-refractivity contribution in [1.82, 2.24) is 4.57 Å². The predicted octanol–water partition coefficient (Wildman–Crippen LogP) is 11.4. The van der Waals surface area contributed by atoms with Crippen LogP contribution >= 0.6 is 33.8 Å². The molecule has 7 aromatic rings. The highest BCUT2D eigenvalue weighted by Crippen LogP contribution is 2.64. The van der Waals surface area contributed by atoms with E-state index >= 15 is 0 Å². The number of fused-ring (bicyclic) bond motifs is 10. The van der Waals surface area contributed by atoms with Crippen molar-refractivity contribution < 1.29 is 18.6 Å². The van der Waals surface area contributed by atoms with Crippen LogP contribution in [-0.4, -0.2) is 46.7 Å². The van der Waals surface area contributed by atoms with Gasteiger partial charge in [0.25, 0.3) is 0 Å². The van der Waals surface area contributed by atoms with Gasteiger partial charge < -0.3 is 23.2 Å². The summed E-state index contributed by atoms with van der Waals surface area (Å²) in [5.41, 5.74) is 3.92. The molecular weight excluding hydrogens is 704 g/mol. The van der Waals surface area contributed by atoms with Crippen LogP contribution in [0.25, 0.3) is 58.8 Å². The summed E-state index contributed by atoms with van der Waals surface area (Å²) in [7, 11) is -2.02. The third-order valence-corrected chi connectivity index (χ3v) is 16.7. The number of rotatable bonds is 4. The van der Waals surface area contributed by atoms with Gasteiger partial charge in [-0.15, -0.1) is 11.3 Å². The summed E-state index contributed by atoms with van der Waals surface area (Å²) in [5, 5.41) is 5.72. The van der Waals surface area contributed by atoms with Crippen molar-refractivity contribution in [1.29, 1.82) is 0 Å². The summed E-state index contributed by atoms with van der Waals surface area (Å²) in [5.74, 6) is 0.802. The van der Waals surface area contributed by atoms with Crippen LogP contribution in [0.5, 0.6) is 0 Å². The van der Waals surface area contributed by atoms with E-state index in [0.29, 0.717) is 0 Å². The Hall–Kier alpha value is -3.27. The molecule has 10 rings (SSSR count). The van der Waals surface area contributed by atoms with Gasteiger partial charge in [0, 0.05) is 48.1 Å². The molecule has 2 atom stereocenters. The van der Waals surface area contributed by atoms with Crippen LogP contribution in [0.2, 0.25) is 5.02 Å². The first kappa shape index (κ1) is 33.3. The highest BCUT2D eigenvalue weighted by Gasteiger charge is 2.65. The standard InChI is InChI=1S/C42H40B2ClNO4S2/c1-39(2)40(3,4)48-43(47-39)44-49-41(5,6)42(7,50-44)24-52-34-19-13-10-16-28(34)37-35(52)21-20-33-36(37)29-22-25(23-30(45)38(29)51-33)46-31-17-11-8-14-26(31)27-15-9-12-18-32(27)46/h8-23,52H,24H2,1-7H3. The van der Waals surface area contributed by atoms with Gasteiger partial charge in [0.2, 0.25) is 0 Å². The maximum Gasteiger partial charge on any atom is 0.489 e. The lowest BCUT2D eigenvalue weighted by atomic mass is 9.49. The van der Waals surface area contributed by atoms with Crippen molar-refractivity contribution in [3.05, 3.63) is 102 Å². The zero-order valence-corrected chi connectivity index (χ0v) is 32.9. The quantitative estimate of drug-likeness (QED) is 0.144. The van der Waals surface area contributed by atoms with Crippen LogP contribution in [0.3, 0.4) is 0 Å².